The molecule has 0 saturated heterocycles. The molecule has 0 heterocycles. The summed E-state index contributed by atoms with van der Waals surface area (Å²) in [5, 5.41) is 11.5. The van der Waals surface area contributed by atoms with Gasteiger partial charge in [-0.05, 0) is 18.9 Å². The van der Waals surface area contributed by atoms with E-state index in [2.05, 4.69) is 5.32 Å². The molecule has 0 spiro atoms. The lowest BCUT2D eigenvalue weighted by molar-refractivity contribution is -0.144. The fourth-order valence-electron chi connectivity index (χ4n) is 1.87. The minimum Gasteiger partial charge on any atom is -0.480 e. The molecule has 0 unspecified atom stereocenters. The number of amides is 1. The molecule has 0 bridgehead atoms. The molecule has 1 aromatic rings. The highest BCUT2D eigenvalue weighted by Gasteiger charge is 2.26. The number of nitrogens with one attached hydrogen (secondary N) is 1. The number of Topliss-reactive ketones (excluding diaryl/α,β-unsaturated/α-hetero) is 1. The van der Waals surface area contributed by atoms with E-state index in [0.717, 1.165) is 0 Å². The first-order valence-corrected chi connectivity index (χ1v) is 6.56. The molecule has 0 saturated carbocycles. The monoisotopic (exact) mass is 293 g/mol. The average Bonchev–Trinajstić information content (AvgIpc) is 2.44. The molecule has 2 N–H and O–H groups in total. The number of benzene rings is 1. The van der Waals surface area contributed by atoms with Gasteiger partial charge in [0, 0.05) is 13.5 Å². The Kier molecular flexibility index (Phi) is 6.55. The lowest BCUT2D eigenvalue weighted by Crippen LogP contribution is -2.43. The van der Waals surface area contributed by atoms with Gasteiger partial charge in [0.2, 0.25) is 0 Å². The van der Waals surface area contributed by atoms with Crippen molar-refractivity contribution < 1.29 is 24.2 Å². The first-order valence-electron chi connectivity index (χ1n) is 6.56. The second-order valence-electron chi connectivity index (χ2n) is 4.67. The van der Waals surface area contributed by atoms with Crippen LogP contribution >= 0.6 is 0 Å². The lowest BCUT2D eigenvalue weighted by Gasteiger charge is -2.19. The highest BCUT2D eigenvalue weighted by Crippen LogP contribution is 2.16. The number of hydrogen-bond donors (Lipinski definition) is 2. The van der Waals surface area contributed by atoms with Crippen molar-refractivity contribution in [1.29, 1.82) is 0 Å². The molecular formula is C15H19NO5. The van der Waals surface area contributed by atoms with Gasteiger partial charge in [0.15, 0.2) is 6.10 Å². The Morgan fingerprint density at radius 1 is 1.24 bits per heavy atom. The number of ketones is 1. The number of carboxylic acids is 1. The van der Waals surface area contributed by atoms with Crippen LogP contribution in [-0.4, -0.2) is 35.9 Å². The van der Waals surface area contributed by atoms with Gasteiger partial charge in [-0.3, -0.25) is 4.79 Å². The highest BCUT2D eigenvalue weighted by molar-refractivity contribution is 5.87. The second-order valence-corrected chi connectivity index (χ2v) is 4.67. The third-order valence-electron chi connectivity index (χ3n) is 2.98. The minimum absolute atomic E-state index is 0.0572. The molecule has 0 aromatic heterocycles. The van der Waals surface area contributed by atoms with Crippen molar-refractivity contribution in [3.63, 3.8) is 0 Å². The highest BCUT2D eigenvalue weighted by atomic mass is 16.5. The first-order chi connectivity index (χ1) is 9.95. The van der Waals surface area contributed by atoms with Crippen LogP contribution in [0.25, 0.3) is 0 Å². The summed E-state index contributed by atoms with van der Waals surface area (Å²) in [6.45, 7) is 1.38. The summed E-state index contributed by atoms with van der Waals surface area (Å²) in [6.07, 6.45) is -0.729. The van der Waals surface area contributed by atoms with E-state index < -0.39 is 24.0 Å². The van der Waals surface area contributed by atoms with Crippen molar-refractivity contribution >= 4 is 17.7 Å². The van der Waals surface area contributed by atoms with Crippen LogP contribution in [0, 0.1) is 0 Å². The van der Waals surface area contributed by atoms with Crippen LogP contribution in [-0.2, 0) is 19.1 Å². The van der Waals surface area contributed by atoms with Crippen LogP contribution in [0.4, 0.5) is 0 Å². The van der Waals surface area contributed by atoms with Crippen LogP contribution in [0.3, 0.4) is 0 Å². The number of carboxylic acid groups (broad SMARTS) is 1. The maximum atomic E-state index is 12.1. The SMILES string of the molecule is CO[C@H](C(=O)N[C@H](CCC(C)=O)C(=O)O)c1ccccc1. The Bertz CT molecular complexity index is 500. The summed E-state index contributed by atoms with van der Waals surface area (Å²) in [6, 6.07) is 7.67. The largest absolute Gasteiger partial charge is 0.480 e. The van der Waals surface area contributed by atoms with E-state index in [0.29, 0.717) is 5.56 Å². The molecule has 0 aliphatic heterocycles. The molecule has 1 aromatic carbocycles. The number of rotatable bonds is 8. The van der Waals surface area contributed by atoms with E-state index in [1.807, 2.05) is 0 Å². The van der Waals surface area contributed by atoms with Gasteiger partial charge < -0.3 is 20.0 Å². The summed E-state index contributed by atoms with van der Waals surface area (Å²) in [7, 11) is 1.38. The normalized spacial score (nSPS) is 13.2. The van der Waals surface area contributed by atoms with Crippen molar-refractivity contribution in [3.8, 4) is 0 Å². The van der Waals surface area contributed by atoms with Crippen molar-refractivity contribution in [1.82, 2.24) is 5.32 Å². The van der Waals surface area contributed by atoms with E-state index >= 15 is 0 Å². The summed E-state index contributed by atoms with van der Waals surface area (Å²) in [5.41, 5.74) is 0.633. The average molecular weight is 293 g/mol. The molecular weight excluding hydrogens is 274 g/mol. The zero-order valence-corrected chi connectivity index (χ0v) is 12.0. The first kappa shape index (κ1) is 16.8. The van der Waals surface area contributed by atoms with Crippen molar-refractivity contribution in [2.75, 3.05) is 7.11 Å². The van der Waals surface area contributed by atoms with E-state index in [-0.39, 0.29) is 18.6 Å². The van der Waals surface area contributed by atoms with E-state index in [1.54, 1.807) is 30.3 Å². The molecule has 114 valence electrons. The summed E-state index contributed by atoms with van der Waals surface area (Å²) < 4.78 is 5.13. The van der Waals surface area contributed by atoms with Gasteiger partial charge in [0.05, 0.1) is 0 Å². The molecule has 21 heavy (non-hydrogen) atoms. The predicted octanol–water partition coefficient (Wildman–Crippen LogP) is 1.31. The molecule has 0 fully saturated rings. The van der Waals surface area contributed by atoms with E-state index in [1.165, 1.54) is 14.0 Å². The maximum Gasteiger partial charge on any atom is 0.326 e. The fraction of sp³-hybridized carbons (Fsp3) is 0.400. The lowest BCUT2D eigenvalue weighted by atomic mass is 10.1. The van der Waals surface area contributed by atoms with Gasteiger partial charge in [-0.25, -0.2) is 4.79 Å². The van der Waals surface area contributed by atoms with Gasteiger partial charge >= 0.3 is 5.97 Å². The number of ether oxygens (including phenoxy) is 1. The molecule has 1 rings (SSSR count). The molecule has 2 atom stereocenters. The molecule has 0 aliphatic rings. The molecule has 6 heteroatoms. The molecule has 1 amide bonds. The van der Waals surface area contributed by atoms with E-state index in [4.69, 9.17) is 9.84 Å². The zero-order valence-electron chi connectivity index (χ0n) is 12.0. The third-order valence-corrected chi connectivity index (χ3v) is 2.98. The Balaban J connectivity index is 2.75. The Morgan fingerprint density at radius 3 is 2.33 bits per heavy atom. The van der Waals surface area contributed by atoms with Gasteiger partial charge in [0.1, 0.15) is 11.8 Å². The van der Waals surface area contributed by atoms with Crippen LogP contribution in [0.2, 0.25) is 0 Å². The minimum atomic E-state index is -1.17. The van der Waals surface area contributed by atoms with Crippen LogP contribution < -0.4 is 5.32 Å². The number of aliphatic carboxylic acids is 1. The van der Waals surface area contributed by atoms with Crippen molar-refractivity contribution in [2.45, 2.75) is 31.9 Å². The second kappa shape index (κ2) is 8.16. The third kappa shape index (κ3) is 5.35. The van der Waals surface area contributed by atoms with Crippen molar-refractivity contribution in [3.05, 3.63) is 35.9 Å². The van der Waals surface area contributed by atoms with Gasteiger partial charge in [0.25, 0.3) is 5.91 Å². The van der Waals surface area contributed by atoms with Crippen LogP contribution in [0.5, 0.6) is 0 Å². The van der Waals surface area contributed by atoms with Gasteiger partial charge in [-0.15, -0.1) is 0 Å². The van der Waals surface area contributed by atoms with Crippen molar-refractivity contribution in [2.24, 2.45) is 0 Å². The quantitative estimate of drug-likeness (QED) is 0.754. The van der Waals surface area contributed by atoms with Crippen LogP contribution in [0.15, 0.2) is 30.3 Å². The number of methoxy groups -OCH3 is 1. The van der Waals surface area contributed by atoms with Crippen LogP contribution in [0.1, 0.15) is 31.4 Å². The molecule has 0 radical (unpaired) electrons. The van der Waals surface area contributed by atoms with Gasteiger partial charge in [-0.1, -0.05) is 30.3 Å². The zero-order chi connectivity index (χ0) is 15.8. The summed E-state index contributed by atoms with van der Waals surface area (Å²) >= 11 is 0. The molecule has 0 aliphatic carbocycles. The number of carbonyl (C=O) groups is 3. The topological polar surface area (TPSA) is 92.7 Å². The smallest absolute Gasteiger partial charge is 0.326 e. The molecule has 6 nitrogen and oxygen atoms in total. The predicted molar refractivity (Wildman–Crippen MR) is 75.7 cm³/mol. The standard InChI is InChI=1S/C15H19NO5/c1-10(17)8-9-12(15(19)20)16-14(18)13(21-2)11-6-4-3-5-7-11/h3-7,12-13H,8-9H2,1-2H3,(H,16,18)(H,19,20)/t12-,13+/m1/s1. The summed E-state index contributed by atoms with van der Waals surface area (Å²) in [5.74, 6) is -1.84. The van der Waals surface area contributed by atoms with Gasteiger partial charge in [-0.2, -0.15) is 0 Å². The number of carbonyl (C=O) groups excluding carboxylic acids is 2. The Labute approximate surface area is 123 Å². The maximum absolute atomic E-state index is 12.1. The summed E-state index contributed by atoms with van der Waals surface area (Å²) in [4.78, 5) is 34.2. The Hall–Kier alpha value is -2.21. The fourth-order valence-corrected chi connectivity index (χ4v) is 1.87. The number of hydrogen-bond acceptors (Lipinski definition) is 4. The van der Waals surface area contributed by atoms with E-state index in [9.17, 15) is 14.4 Å². The Morgan fingerprint density at radius 2 is 1.86 bits per heavy atom.